The predicted octanol–water partition coefficient (Wildman–Crippen LogP) is 2.57. The fraction of sp³-hybridized carbons (Fsp3) is 0.833. The molecule has 0 aromatic heterocycles. The molecule has 1 aliphatic carbocycles. The summed E-state index contributed by atoms with van der Waals surface area (Å²) >= 11 is 0. The number of imide groups is 1. The summed E-state index contributed by atoms with van der Waals surface area (Å²) in [5.41, 5.74) is -0.760. The Morgan fingerprint density at radius 1 is 1.21 bits per heavy atom. The van der Waals surface area contributed by atoms with Gasteiger partial charge in [-0.3, -0.25) is 14.5 Å². The largest absolute Gasteiger partial charge is 0.355 e. The van der Waals surface area contributed by atoms with Gasteiger partial charge >= 0.3 is 6.03 Å². The molecule has 6 heteroatoms. The number of hydrogen-bond acceptors (Lipinski definition) is 3. The fourth-order valence-electron chi connectivity index (χ4n) is 3.72. The lowest BCUT2D eigenvalue weighted by Crippen LogP contribution is -2.50. The van der Waals surface area contributed by atoms with Crippen molar-refractivity contribution in [1.82, 2.24) is 15.5 Å². The van der Waals surface area contributed by atoms with Gasteiger partial charge in [0.05, 0.1) is 0 Å². The monoisotopic (exact) mass is 337 g/mol. The molecule has 0 aromatic rings. The van der Waals surface area contributed by atoms with Gasteiger partial charge in [-0.2, -0.15) is 0 Å². The summed E-state index contributed by atoms with van der Waals surface area (Å²) in [7, 11) is 0. The number of carbonyl (C=O) groups is 3. The van der Waals surface area contributed by atoms with Gasteiger partial charge in [0, 0.05) is 6.54 Å². The van der Waals surface area contributed by atoms with E-state index in [4.69, 9.17) is 0 Å². The summed E-state index contributed by atoms with van der Waals surface area (Å²) < 4.78 is 0. The molecule has 1 aliphatic heterocycles. The summed E-state index contributed by atoms with van der Waals surface area (Å²) in [5.74, 6) is 0.165. The molecule has 0 atom stereocenters. The van der Waals surface area contributed by atoms with Crippen LogP contribution >= 0.6 is 0 Å². The number of nitrogens with one attached hydrogen (secondary N) is 2. The van der Waals surface area contributed by atoms with Crippen LogP contribution in [-0.2, 0) is 9.59 Å². The van der Waals surface area contributed by atoms with Gasteiger partial charge in [-0.1, -0.05) is 39.5 Å². The Morgan fingerprint density at radius 2 is 1.92 bits per heavy atom. The summed E-state index contributed by atoms with van der Waals surface area (Å²) in [6, 6.07) is -0.420. The predicted molar refractivity (Wildman–Crippen MR) is 92.4 cm³/mol. The van der Waals surface area contributed by atoms with Gasteiger partial charge in [0.15, 0.2) is 0 Å². The maximum Gasteiger partial charge on any atom is 0.325 e. The van der Waals surface area contributed by atoms with Gasteiger partial charge in [0.1, 0.15) is 12.1 Å². The van der Waals surface area contributed by atoms with Crippen LogP contribution in [0.4, 0.5) is 4.79 Å². The van der Waals surface area contributed by atoms with Crippen molar-refractivity contribution in [3.63, 3.8) is 0 Å². The number of rotatable bonds is 8. The molecule has 2 N–H and O–H groups in total. The van der Waals surface area contributed by atoms with Crippen LogP contribution in [0.15, 0.2) is 0 Å². The van der Waals surface area contributed by atoms with Gasteiger partial charge < -0.3 is 10.6 Å². The van der Waals surface area contributed by atoms with E-state index in [1.165, 1.54) is 0 Å². The third kappa shape index (κ3) is 4.28. The van der Waals surface area contributed by atoms with Crippen LogP contribution in [0.2, 0.25) is 0 Å². The molecule has 0 unspecified atom stereocenters. The standard InChI is InChI=1S/C18H31N3O3/c1-3-5-6-7-12-19-15(22)13-21-16(23)18(20-17(21)24)10-8-14(4-2)9-11-18/h14H,3-13H2,1-2H3,(H,19,22)(H,20,24). The molecule has 6 nitrogen and oxygen atoms in total. The molecule has 136 valence electrons. The average molecular weight is 337 g/mol. The molecule has 0 radical (unpaired) electrons. The van der Waals surface area contributed by atoms with Crippen LogP contribution in [0, 0.1) is 5.92 Å². The molecular formula is C18H31N3O3. The molecule has 1 saturated carbocycles. The Labute approximate surface area is 144 Å². The van der Waals surface area contributed by atoms with E-state index in [9.17, 15) is 14.4 Å². The number of nitrogens with zero attached hydrogens (tertiary/aromatic N) is 1. The second kappa shape index (κ2) is 8.49. The maximum atomic E-state index is 12.7. The smallest absolute Gasteiger partial charge is 0.325 e. The third-order valence-corrected chi connectivity index (χ3v) is 5.44. The minimum atomic E-state index is -0.760. The number of amides is 4. The zero-order valence-electron chi connectivity index (χ0n) is 15.0. The molecule has 4 amide bonds. The minimum absolute atomic E-state index is 0.169. The summed E-state index contributed by atoms with van der Waals surface area (Å²) in [4.78, 5) is 38.0. The van der Waals surface area contributed by atoms with Gasteiger partial charge in [-0.15, -0.1) is 0 Å². The SMILES string of the molecule is CCCCCCNC(=O)CN1C(=O)NC2(CCC(CC)CC2)C1=O. The van der Waals surface area contributed by atoms with E-state index in [1.807, 2.05) is 0 Å². The Bertz CT molecular complexity index is 470. The first kappa shape index (κ1) is 18.7. The van der Waals surface area contributed by atoms with Crippen LogP contribution < -0.4 is 10.6 Å². The zero-order chi connectivity index (χ0) is 17.6. The second-order valence-electron chi connectivity index (χ2n) is 7.17. The maximum absolute atomic E-state index is 12.7. The molecule has 2 fully saturated rings. The number of unbranched alkanes of at least 4 members (excludes halogenated alkanes) is 3. The first-order valence-electron chi connectivity index (χ1n) is 9.43. The molecule has 2 aliphatic rings. The van der Waals surface area contributed by atoms with Gasteiger partial charge in [-0.05, 0) is 38.0 Å². The molecule has 1 spiro atoms. The van der Waals surface area contributed by atoms with E-state index in [2.05, 4.69) is 24.5 Å². The van der Waals surface area contributed by atoms with Crippen LogP contribution in [0.1, 0.15) is 71.6 Å². The quantitative estimate of drug-likeness (QED) is 0.528. The highest BCUT2D eigenvalue weighted by Gasteiger charge is 2.52. The van der Waals surface area contributed by atoms with Gasteiger partial charge in [0.25, 0.3) is 5.91 Å². The highest BCUT2D eigenvalue weighted by atomic mass is 16.2. The van der Waals surface area contributed by atoms with Crippen molar-refractivity contribution in [2.24, 2.45) is 5.92 Å². The lowest BCUT2D eigenvalue weighted by molar-refractivity contribution is -0.136. The zero-order valence-corrected chi connectivity index (χ0v) is 15.0. The summed E-state index contributed by atoms with van der Waals surface area (Å²) in [6.45, 7) is 4.73. The van der Waals surface area contributed by atoms with Crippen LogP contribution in [0.5, 0.6) is 0 Å². The normalized spacial score (nSPS) is 26.8. The number of urea groups is 1. The van der Waals surface area contributed by atoms with Crippen LogP contribution in [0.25, 0.3) is 0 Å². The van der Waals surface area contributed by atoms with E-state index in [1.54, 1.807) is 0 Å². The molecule has 2 rings (SSSR count). The lowest BCUT2D eigenvalue weighted by atomic mass is 9.75. The Morgan fingerprint density at radius 3 is 2.54 bits per heavy atom. The van der Waals surface area contributed by atoms with Crippen molar-refractivity contribution >= 4 is 17.8 Å². The first-order valence-corrected chi connectivity index (χ1v) is 9.43. The highest BCUT2D eigenvalue weighted by molar-refractivity contribution is 6.09. The topological polar surface area (TPSA) is 78.5 Å². The van der Waals surface area contributed by atoms with Gasteiger partial charge in [0.2, 0.25) is 5.91 Å². The van der Waals surface area contributed by atoms with Crippen molar-refractivity contribution < 1.29 is 14.4 Å². The highest BCUT2D eigenvalue weighted by Crippen LogP contribution is 2.37. The molecule has 24 heavy (non-hydrogen) atoms. The summed E-state index contributed by atoms with van der Waals surface area (Å²) in [5, 5.41) is 5.66. The average Bonchev–Trinajstić information content (AvgIpc) is 2.80. The third-order valence-electron chi connectivity index (χ3n) is 5.44. The van der Waals surface area contributed by atoms with E-state index >= 15 is 0 Å². The lowest BCUT2D eigenvalue weighted by Gasteiger charge is -2.34. The number of carbonyl (C=O) groups excluding carboxylic acids is 3. The van der Waals surface area contributed by atoms with E-state index in [0.717, 1.165) is 49.8 Å². The van der Waals surface area contributed by atoms with Crippen molar-refractivity contribution in [2.75, 3.05) is 13.1 Å². The fourth-order valence-corrected chi connectivity index (χ4v) is 3.72. The molecule has 0 aromatic carbocycles. The van der Waals surface area contributed by atoms with Crippen molar-refractivity contribution in [2.45, 2.75) is 77.2 Å². The van der Waals surface area contributed by atoms with Crippen LogP contribution in [-0.4, -0.2) is 41.4 Å². The molecule has 0 bridgehead atoms. The summed E-state index contributed by atoms with van der Waals surface area (Å²) in [6.07, 6.45) is 8.73. The minimum Gasteiger partial charge on any atom is -0.355 e. The Balaban J connectivity index is 1.82. The Kier molecular flexibility index (Phi) is 6.63. The molecular weight excluding hydrogens is 306 g/mol. The van der Waals surface area contributed by atoms with E-state index < -0.39 is 11.6 Å². The molecule has 1 saturated heterocycles. The van der Waals surface area contributed by atoms with Crippen molar-refractivity contribution in [3.05, 3.63) is 0 Å². The first-order chi connectivity index (χ1) is 11.5. The second-order valence-corrected chi connectivity index (χ2v) is 7.17. The van der Waals surface area contributed by atoms with Gasteiger partial charge in [-0.25, -0.2) is 4.79 Å². The van der Waals surface area contributed by atoms with E-state index in [-0.39, 0.29) is 18.4 Å². The number of hydrogen-bond donors (Lipinski definition) is 2. The van der Waals surface area contributed by atoms with Crippen molar-refractivity contribution in [1.29, 1.82) is 0 Å². The molecule has 1 heterocycles. The Hall–Kier alpha value is -1.59. The van der Waals surface area contributed by atoms with Crippen molar-refractivity contribution in [3.8, 4) is 0 Å². The van der Waals surface area contributed by atoms with E-state index in [0.29, 0.717) is 25.3 Å². The van der Waals surface area contributed by atoms with Crippen LogP contribution in [0.3, 0.4) is 0 Å².